The largest absolute Gasteiger partial charge is 0.300 e. The highest BCUT2D eigenvalue weighted by atomic mass is 16.1. The van der Waals surface area contributed by atoms with Gasteiger partial charge in [-0.3, -0.25) is 0 Å². The number of ketones is 1. The Morgan fingerprint density at radius 1 is 1.25 bits per heavy atom. The van der Waals surface area contributed by atoms with Crippen LogP contribution in [0.3, 0.4) is 0 Å². The Balaban J connectivity index is 0. The highest BCUT2D eigenvalue weighted by molar-refractivity contribution is 5.72. The van der Waals surface area contributed by atoms with Crippen molar-refractivity contribution in [3.8, 4) is 0 Å². The van der Waals surface area contributed by atoms with Crippen molar-refractivity contribution in [3.05, 3.63) is 0 Å². The van der Waals surface area contributed by atoms with E-state index >= 15 is 0 Å². The number of carbonyl (C=O) groups excluding carboxylic acids is 1. The second kappa shape index (κ2) is 10.7. The molecule has 0 bridgehead atoms. The Morgan fingerprint density at radius 2 is 1.67 bits per heavy atom. The summed E-state index contributed by atoms with van der Waals surface area (Å²) in [5.74, 6) is 1.12. The normalized spacial score (nSPS) is 11.4. The molecule has 1 atom stereocenters. The zero-order chi connectivity index (χ0) is 9.98. The third kappa shape index (κ3) is 22.6. The van der Waals surface area contributed by atoms with E-state index in [0.29, 0.717) is 0 Å². The number of rotatable bonds is 4. The third-order valence-electron chi connectivity index (χ3n) is 1.75. The quantitative estimate of drug-likeness (QED) is 0.630. The Labute approximate surface area is 77.6 Å². The van der Waals surface area contributed by atoms with Crippen LogP contribution >= 0.6 is 0 Å². The second-order valence-corrected chi connectivity index (χ2v) is 3.56. The van der Waals surface area contributed by atoms with Crippen molar-refractivity contribution in [3.63, 3.8) is 0 Å². The molecule has 0 saturated heterocycles. The summed E-state index contributed by atoms with van der Waals surface area (Å²) >= 11 is 0. The number of carbonyl (C=O) groups is 1. The molecule has 0 N–H and O–H groups in total. The van der Waals surface area contributed by atoms with Crippen molar-refractivity contribution in [2.45, 2.75) is 60.3 Å². The molecule has 74 valence electrons. The number of hydrogen-bond acceptors (Lipinski definition) is 1. The lowest BCUT2D eigenvalue weighted by atomic mass is 10.0. The predicted octanol–water partition coefficient (Wildman–Crippen LogP) is 3.82. The molecule has 0 rings (SSSR count). The highest BCUT2D eigenvalue weighted by Crippen LogP contribution is 2.09. The van der Waals surface area contributed by atoms with Gasteiger partial charge in [0.05, 0.1) is 0 Å². The summed E-state index contributed by atoms with van der Waals surface area (Å²) in [5.41, 5.74) is 0. The fourth-order valence-electron chi connectivity index (χ4n) is 0.757. The lowest BCUT2D eigenvalue weighted by molar-refractivity contribution is -0.114. The molecule has 12 heavy (non-hydrogen) atoms. The zero-order valence-corrected chi connectivity index (χ0v) is 9.31. The molecule has 1 unspecified atom stereocenters. The number of unbranched alkanes of at least 4 members (excludes halogenated alkanes) is 1. The average Bonchev–Trinajstić information content (AvgIpc) is 1.99. The Kier molecular flexibility index (Phi) is 12.6. The van der Waals surface area contributed by atoms with Crippen molar-refractivity contribution >= 4 is 5.78 Å². The van der Waals surface area contributed by atoms with Crippen molar-refractivity contribution in [2.75, 3.05) is 0 Å². The van der Waals surface area contributed by atoms with Crippen LogP contribution in [-0.4, -0.2) is 5.78 Å². The Bertz CT molecular complexity index is 93.2. The lowest BCUT2D eigenvalue weighted by Crippen LogP contribution is -1.89. The van der Waals surface area contributed by atoms with Crippen LogP contribution in [0.15, 0.2) is 0 Å². The van der Waals surface area contributed by atoms with E-state index in [-0.39, 0.29) is 5.78 Å². The molecule has 0 aliphatic heterocycles. The van der Waals surface area contributed by atoms with Crippen molar-refractivity contribution in [2.24, 2.45) is 5.92 Å². The average molecular weight is 172 g/mol. The van der Waals surface area contributed by atoms with E-state index < -0.39 is 0 Å². The van der Waals surface area contributed by atoms with Gasteiger partial charge < -0.3 is 4.79 Å². The summed E-state index contributed by atoms with van der Waals surface area (Å²) < 4.78 is 0. The molecular formula is C11H24O. The minimum absolute atomic E-state index is 0.167. The fourth-order valence-corrected chi connectivity index (χ4v) is 0.757. The standard InChI is InChI=1S/C8H18.C3H6O/c1-4-6-7-8(3)5-2;1-3(2)4/h8H,4-7H2,1-3H3;1-2H3. The molecule has 1 heteroatoms. The van der Waals surface area contributed by atoms with Gasteiger partial charge in [-0.25, -0.2) is 0 Å². The van der Waals surface area contributed by atoms with Crippen LogP contribution in [0.25, 0.3) is 0 Å². The van der Waals surface area contributed by atoms with Crippen LogP contribution in [0.4, 0.5) is 0 Å². The first-order valence-corrected chi connectivity index (χ1v) is 5.01. The van der Waals surface area contributed by atoms with Crippen LogP contribution < -0.4 is 0 Å². The van der Waals surface area contributed by atoms with Crippen LogP contribution in [0, 0.1) is 5.92 Å². The topological polar surface area (TPSA) is 17.1 Å². The molecule has 1 nitrogen and oxygen atoms in total. The van der Waals surface area contributed by atoms with E-state index in [4.69, 9.17) is 0 Å². The summed E-state index contributed by atoms with van der Waals surface area (Å²) in [6.07, 6.45) is 5.53. The van der Waals surface area contributed by atoms with Crippen molar-refractivity contribution in [1.29, 1.82) is 0 Å². The number of hydrogen-bond donors (Lipinski definition) is 0. The molecule has 0 aromatic rings. The van der Waals surface area contributed by atoms with E-state index in [9.17, 15) is 4.79 Å². The molecule has 0 aromatic heterocycles. The first-order chi connectivity index (χ1) is 5.54. The predicted molar refractivity (Wildman–Crippen MR) is 55.3 cm³/mol. The molecule has 0 fully saturated rings. The minimum atomic E-state index is 0.167. The Hall–Kier alpha value is -0.330. The zero-order valence-electron chi connectivity index (χ0n) is 9.31. The van der Waals surface area contributed by atoms with Gasteiger partial charge >= 0.3 is 0 Å². The molecule has 0 saturated carbocycles. The van der Waals surface area contributed by atoms with Gasteiger partial charge in [0.15, 0.2) is 0 Å². The Morgan fingerprint density at radius 3 is 1.92 bits per heavy atom. The first-order valence-electron chi connectivity index (χ1n) is 5.01. The molecule has 0 heterocycles. The maximum Gasteiger partial charge on any atom is 0.126 e. The summed E-state index contributed by atoms with van der Waals surface area (Å²) in [5, 5.41) is 0. The minimum Gasteiger partial charge on any atom is -0.300 e. The molecule has 0 radical (unpaired) electrons. The van der Waals surface area contributed by atoms with E-state index in [2.05, 4.69) is 20.8 Å². The first kappa shape index (κ1) is 14.2. The third-order valence-corrected chi connectivity index (χ3v) is 1.75. The van der Waals surface area contributed by atoms with Crippen LogP contribution in [0.1, 0.15) is 60.3 Å². The van der Waals surface area contributed by atoms with Crippen LogP contribution in [-0.2, 0) is 4.79 Å². The van der Waals surface area contributed by atoms with Crippen LogP contribution in [0.5, 0.6) is 0 Å². The van der Waals surface area contributed by atoms with E-state index in [1.165, 1.54) is 39.5 Å². The molecule has 0 aliphatic carbocycles. The summed E-state index contributed by atoms with van der Waals surface area (Å²) in [7, 11) is 0. The van der Waals surface area contributed by atoms with E-state index in [1.807, 2.05) is 0 Å². The van der Waals surface area contributed by atoms with Gasteiger partial charge in [0.2, 0.25) is 0 Å². The van der Waals surface area contributed by atoms with E-state index in [0.717, 1.165) is 5.92 Å². The van der Waals surface area contributed by atoms with E-state index in [1.54, 1.807) is 0 Å². The SMILES string of the molecule is CC(C)=O.CCCCC(C)CC. The van der Waals surface area contributed by atoms with Gasteiger partial charge in [0.1, 0.15) is 5.78 Å². The summed E-state index contributed by atoms with van der Waals surface area (Å²) in [6.45, 7) is 9.90. The van der Waals surface area contributed by atoms with Crippen molar-refractivity contribution in [1.82, 2.24) is 0 Å². The highest BCUT2D eigenvalue weighted by Gasteiger charge is 1.94. The van der Waals surface area contributed by atoms with Crippen molar-refractivity contribution < 1.29 is 4.79 Å². The molecular weight excluding hydrogens is 148 g/mol. The fraction of sp³-hybridized carbons (Fsp3) is 0.909. The monoisotopic (exact) mass is 172 g/mol. The number of Topliss-reactive ketones (excluding diaryl/α,β-unsaturated/α-hetero) is 1. The maximum atomic E-state index is 9.44. The molecule has 0 aromatic carbocycles. The van der Waals surface area contributed by atoms with Gasteiger partial charge in [-0.1, -0.05) is 46.5 Å². The summed E-state index contributed by atoms with van der Waals surface area (Å²) in [4.78, 5) is 9.44. The van der Waals surface area contributed by atoms with Gasteiger partial charge in [0.25, 0.3) is 0 Å². The molecule has 0 amide bonds. The smallest absolute Gasteiger partial charge is 0.126 e. The lowest BCUT2D eigenvalue weighted by Gasteiger charge is -2.04. The summed E-state index contributed by atoms with van der Waals surface area (Å²) in [6, 6.07) is 0. The van der Waals surface area contributed by atoms with Crippen LogP contribution in [0.2, 0.25) is 0 Å². The molecule has 0 spiro atoms. The maximum absolute atomic E-state index is 9.44. The van der Waals surface area contributed by atoms with Gasteiger partial charge in [-0.15, -0.1) is 0 Å². The second-order valence-electron chi connectivity index (χ2n) is 3.56. The van der Waals surface area contributed by atoms with Gasteiger partial charge in [-0.2, -0.15) is 0 Å². The van der Waals surface area contributed by atoms with Gasteiger partial charge in [-0.05, 0) is 19.8 Å². The molecule has 0 aliphatic rings. The van der Waals surface area contributed by atoms with Gasteiger partial charge in [0, 0.05) is 0 Å².